The Morgan fingerprint density at radius 2 is 1.95 bits per heavy atom. The van der Waals surface area contributed by atoms with Gasteiger partial charge in [-0.15, -0.1) is 0 Å². The maximum Gasteiger partial charge on any atom is 0.0409 e. The lowest BCUT2D eigenvalue weighted by atomic mass is 9.82. The minimum absolute atomic E-state index is 0.0527. The van der Waals surface area contributed by atoms with E-state index in [0.29, 0.717) is 18.5 Å². The van der Waals surface area contributed by atoms with Gasteiger partial charge in [0.1, 0.15) is 0 Å². The molecule has 0 saturated carbocycles. The number of halogens is 1. The zero-order chi connectivity index (χ0) is 16.0. The van der Waals surface area contributed by atoms with Crippen molar-refractivity contribution in [2.75, 3.05) is 13.6 Å². The number of hydrogen-bond acceptors (Lipinski definition) is 2. The highest BCUT2D eigenvalue weighted by Gasteiger charge is 2.35. The van der Waals surface area contributed by atoms with Gasteiger partial charge in [0.25, 0.3) is 0 Å². The molecule has 0 fully saturated rings. The molecule has 120 valence electrons. The molecule has 3 atom stereocenters. The van der Waals surface area contributed by atoms with E-state index < -0.39 is 0 Å². The molecule has 0 aliphatic carbocycles. The van der Waals surface area contributed by atoms with Crippen molar-refractivity contribution in [1.29, 1.82) is 0 Å². The van der Waals surface area contributed by atoms with Crippen molar-refractivity contribution in [3.8, 4) is 0 Å². The van der Waals surface area contributed by atoms with Crippen LogP contribution < -0.4 is 5.73 Å². The maximum atomic E-state index is 6.20. The van der Waals surface area contributed by atoms with Gasteiger partial charge in [0, 0.05) is 23.1 Å². The molecule has 0 saturated heterocycles. The van der Waals surface area contributed by atoms with E-state index in [1.165, 1.54) is 12.0 Å². The summed E-state index contributed by atoms with van der Waals surface area (Å²) in [4.78, 5) is 2.45. The summed E-state index contributed by atoms with van der Waals surface area (Å²) in [6.07, 6.45) is 3.40. The molecule has 21 heavy (non-hydrogen) atoms. The van der Waals surface area contributed by atoms with Gasteiger partial charge in [-0.05, 0) is 50.4 Å². The lowest BCUT2D eigenvalue weighted by molar-refractivity contribution is 0.0575. The van der Waals surface area contributed by atoms with E-state index in [4.69, 9.17) is 17.3 Å². The minimum atomic E-state index is 0.0527. The topological polar surface area (TPSA) is 29.3 Å². The van der Waals surface area contributed by atoms with Gasteiger partial charge in [0.05, 0.1) is 0 Å². The fourth-order valence-electron chi connectivity index (χ4n) is 3.10. The Morgan fingerprint density at radius 1 is 1.29 bits per heavy atom. The summed E-state index contributed by atoms with van der Waals surface area (Å²) in [5.41, 5.74) is 7.50. The second kappa shape index (κ2) is 8.17. The first-order chi connectivity index (χ1) is 9.90. The molecule has 0 heterocycles. The van der Waals surface area contributed by atoms with Gasteiger partial charge in [-0.3, -0.25) is 4.90 Å². The third kappa shape index (κ3) is 4.45. The number of rotatable bonds is 8. The molecule has 1 rings (SSSR count). The fraction of sp³-hybridized carbons (Fsp3) is 0.667. The average molecular weight is 311 g/mol. The average Bonchev–Trinajstić information content (AvgIpc) is 2.51. The Morgan fingerprint density at radius 3 is 2.43 bits per heavy atom. The summed E-state index contributed by atoms with van der Waals surface area (Å²) >= 11 is 6.14. The Labute approximate surface area is 135 Å². The molecular formula is C18H31ClN2. The largest absolute Gasteiger partial charge is 0.329 e. The monoisotopic (exact) mass is 310 g/mol. The fourth-order valence-corrected chi connectivity index (χ4v) is 3.30. The second-order valence-corrected chi connectivity index (χ2v) is 6.78. The first-order valence-electron chi connectivity index (χ1n) is 8.08. The number of likely N-dealkylation sites (N-methyl/N-ethyl adjacent to an activating group) is 1. The van der Waals surface area contributed by atoms with Gasteiger partial charge >= 0.3 is 0 Å². The number of nitrogens with two attached hydrogens (primary N) is 1. The molecule has 0 spiro atoms. The van der Waals surface area contributed by atoms with Crippen molar-refractivity contribution < 1.29 is 0 Å². The second-order valence-electron chi connectivity index (χ2n) is 6.34. The van der Waals surface area contributed by atoms with E-state index in [2.05, 4.69) is 51.8 Å². The third-order valence-electron chi connectivity index (χ3n) is 5.12. The van der Waals surface area contributed by atoms with Gasteiger partial charge < -0.3 is 5.73 Å². The molecule has 0 radical (unpaired) electrons. The van der Waals surface area contributed by atoms with Crippen LogP contribution in [0.1, 0.15) is 58.6 Å². The summed E-state index contributed by atoms with van der Waals surface area (Å²) in [7, 11) is 2.20. The smallest absolute Gasteiger partial charge is 0.0409 e. The number of benzene rings is 1. The molecular weight excluding hydrogens is 280 g/mol. The van der Waals surface area contributed by atoms with Crippen molar-refractivity contribution >= 4 is 11.6 Å². The SMILES string of the molecule is CCC(C)CC(CC)(CN)N(C)C(C)c1cccc(Cl)c1. The summed E-state index contributed by atoms with van der Waals surface area (Å²) in [6, 6.07) is 8.45. The Hall–Kier alpha value is -0.570. The van der Waals surface area contributed by atoms with Crippen molar-refractivity contribution in [3.63, 3.8) is 0 Å². The molecule has 0 aromatic heterocycles. The molecule has 0 aliphatic heterocycles. The molecule has 2 nitrogen and oxygen atoms in total. The molecule has 1 aromatic rings. The number of nitrogens with zero attached hydrogens (tertiary/aromatic N) is 1. The van der Waals surface area contributed by atoms with Gasteiger partial charge in [-0.1, -0.05) is 50.9 Å². The van der Waals surface area contributed by atoms with Crippen LogP contribution in [0, 0.1) is 5.92 Å². The van der Waals surface area contributed by atoms with Crippen LogP contribution in [-0.4, -0.2) is 24.0 Å². The van der Waals surface area contributed by atoms with Crippen molar-refractivity contribution in [2.45, 2.75) is 58.5 Å². The first-order valence-corrected chi connectivity index (χ1v) is 8.46. The van der Waals surface area contributed by atoms with E-state index in [0.717, 1.165) is 17.9 Å². The molecule has 1 aromatic carbocycles. The van der Waals surface area contributed by atoms with E-state index >= 15 is 0 Å². The van der Waals surface area contributed by atoms with Crippen LogP contribution in [0.15, 0.2) is 24.3 Å². The lowest BCUT2D eigenvalue weighted by Gasteiger charge is -2.45. The van der Waals surface area contributed by atoms with Gasteiger partial charge in [0.15, 0.2) is 0 Å². The van der Waals surface area contributed by atoms with Crippen LogP contribution >= 0.6 is 11.6 Å². The van der Waals surface area contributed by atoms with Gasteiger partial charge in [0.2, 0.25) is 0 Å². The van der Waals surface area contributed by atoms with Crippen LogP contribution in [0.5, 0.6) is 0 Å². The predicted molar refractivity (Wildman–Crippen MR) is 93.8 cm³/mol. The molecule has 0 amide bonds. The Kier molecular flexibility index (Phi) is 7.19. The van der Waals surface area contributed by atoms with Crippen molar-refractivity contribution in [1.82, 2.24) is 4.90 Å². The van der Waals surface area contributed by atoms with Crippen LogP contribution in [-0.2, 0) is 0 Å². The standard InChI is InChI=1S/C18H31ClN2/c1-6-14(3)12-18(7-2,13-20)21(5)15(4)16-9-8-10-17(19)11-16/h8-11,14-15H,6-7,12-13,20H2,1-5H3. The summed E-state index contributed by atoms with van der Waals surface area (Å²) in [5, 5.41) is 0.796. The van der Waals surface area contributed by atoms with Crippen molar-refractivity contribution in [3.05, 3.63) is 34.9 Å². The molecule has 0 aliphatic rings. The van der Waals surface area contributed by atoms with Gasteiger partial charge in [-0.2, -0.15) is 0 Å². The van der Waals surface area contributed by atoms with Crippen LogP contribution in [0.2, 0.25) is 5.02 Å². The van der Waals surface area contributed by atoms with Crippen LogP contribution in [0.25, 0.3) is 0 Å². The normalized spacial score (nSPS) is 17.5. The zero-order valence-electron chi connectivity index (χ0n) is 14.2. The zero-order valence-corrected chi connectivity index (χ0v) is 15.0. The minimum Gasteiger partial charge on any atom is -0.329 e. The highest BCUT2D eigenvalue weighted by Crippen LogP contribution is 2.34. The Bertz CT molecular complexity index is 429. The molecule has 3 unspecified atom stereocenters. The van der Waals surface area contributed by atoms with E-state index in [1.54, 1.807) is 0 Å². The number of hydrogen-bond donors (Lipinski definition) is 1. The van der Waals surface area contributed by atoms with Crippen LogP contribution in [0.3, 0.4) is 0 Å². The van der Waals surface area contributed by atoms with E-state index in [-0.39, 0.29) is 5.54 Å². The van der Waals surface area contributed by atoms with E-state index in [9.17, 15) is 0 Å². The lowest BCUT2D eigenvalue weighted by Crippen LogP contribution is -2.53. The first kappa shape index (κ1) is 18.5. The maximum absolute atomic E-state index is 6.20. The molecule has 3 heteroatoms. The summed E-state index contributed by atoms with van der Waals surface area (Å²) in [6.45, 7) is 9.74. The Balaban J connectivity index is 3.01. The van der Waals surface area contributed by atoms with Crippen molar-refractivity contribution in [2.24, 2.45) is 11.7 Å². The highest BCUT2D eigenvalue weighted by atomic mass is 35.5. The third-order valence-corrected chi connectivity index (χ3v) is 5.36. The quantitative estimate of drug-likeness (QED) is 0.741. The highest BCUT2D eigenvalue weighted by molar-refractivity contribution is 6.30. The molecule has 0 bridgehead atoms. The van der Waals surface area contributed by atoms with E-state index in [1.807, 2.05) is 12.1 Å². The summed E-state index contributed by atoms with van der Waals surface area (Å²) < 4.78 is 0. The molecule has 2 N–H and O–H groups in total. The predicted octanol–water partition coefficient (Wildman–Crippen LogP) is 4.88. The van der Waals surface area contributed by atoms with Gasteiger partial charge in [-0.25, -0.2) is 0 Å². The summed E-state index contributed by atoms with van der Waals surface area (Å²) in [5.74, 6) is 0.683. The van der Waals surface area contributed by atoms with Crippen LogP contribution in [0.4, 0.5) is 0 Å².